The number of hydrogen-bond acceptors (Lipinski definition) is 3. The first kappa shape index (κ1) is 21.0. The first-order valence-electron chi connectivity index (χ1n) is 8.73. The van der Waals surface area contributed by atoms with Gasteiger partial charge in [0.05, 0.1) is 11.7 Å². The Morgan fingerprint density at radius 2 is 1.86 bits per heavy atom. The minimum Gasteiger partial charge on any atom is -0.326 e. The van der Waals surface area contributed by atoms with Crippen molar-refractivity contribution < 1.29 is 17.6 Å². The Morgan fingerprint density at radius 1 is 1.18 bits per heavy atom. The van der Waals surface area contributed by atoms with Crippen LogP contribution in [0.4, 0.5) is 10.1 Å². The van der Waals surface area contributed by atoms with Crippen molar-refractivity contribution in [3.05, 3.63) is 63.9 Å². The molecule has 9 heteroatoms. The normalized spacial score (nSPS) is 18.0. The molecule has 5 nitrogen and oxygen atoms in total. The predicted molar refractivity (Wildman–Crippen MR) is 108 cm³/mol. The summed E-state index contributed by atoms with van der Waals surface area (Å²) in [6.07, 6.45) is 1.11. The van der Waals surface area contributed by atoms with E-state index in [9.17, 15) is 17.6 Å². The van der Waals surface area contributed by atoms with Gasteiger partial charge in [-0.15, -0.1) is 0 Å². The van der Waals surface area contributed by atoms with Crippen molar-refractivity contribution in [3.63, 3.8) is 0 Å². The third-order valence-corrected chi connectivity index (χ3v) is 7.11. The van der Waals surface area contributed by atoms with Gasteiger partial charge >= 0.3 is 0 Å². The van der Waals surface area contributed by atoms with Crippen LogP contribution < -0.4 is 5.32 Å². The second kappa shape index (κ2) is 8.78. The molecule has 0 radical (unpaired) electrons. The highest BCUT2D eigenvalue weighted by Crippen LogP contribution is 2.29. The lowest BCUT2D eigenvalue weighted by Crippen LogP contribution is -2.44. The van der Waals surface area contributed by atoms with Gasteiger partial charge in [0.25, 0.3) is 0 Å². The zero-order valence-electron chi connectivity index (χ0n) is 14.9. The molecule has 1 fully saturated rings. The molecule has 1 unspecified atom stereocenters. The molecule has 2 aromatic carbocycles. The van der Waals surface area contributed by atoms with Gasteiger partial charge in [-0.25, -0.2) is 17.1 Å². The SMILES string of the molecule is O=C(Nc1cccc(F)c1)C1CCCN(S(=O)(=O)Cc2c(Cl)cccc2Cl)C1. The summed E-state index contributed by atoms with van der Waals surface area (Å²) in [6.45, 7) is 0.389. The average molecular weight is 445 g/mol. The quantitative estimate of drug-likeness (QED) is 0.746. The number of carbonyl (C=O) groups excluding carboxylic acids is 1. The van der Waals surface area contributed by atoms with E-state index in [-0.39, 0.29) is 28.3 Å². The number of carbonyl (C=O) groups is 1. The average Bonchev–Trinajstić information content (AvgIpc) is 2.65. The number of amides is 1. The highest BCUT2D eigenvalue weighted by atomic mass is 35.5. The van der Waals surface area contributed by atoms with Gasteiger partial charge in [0, 0.05) is 34.4 Å². The van der Waals surface area contributed by atoms with Gasteiger partial charge in [-0.05, 0) is 43.2 Å². The fraction of sp³-hybridized carbons (Fsp3) is 0.316. The van der Waals surface area contributed by atoms with Gasteiger partial charge in [0.1, 0.15) is 5.82 Å². The summed E-state index contributed by atoms with van der Waals surface area (Å²) in [7, 11) is -3.70. The molecule has 1 amide bonds. The van der Waals surface area contributed by atoms with Crippen molar-refractivity contribution in [1.29, 1.82) is 0 Å². The first-order chi connectivity index (χ1) is 13.3. The fourth-order valence-corrected chi connectivity index (χ4v) is 5.53. The number of rotatable bonds is 5. The maximum Gasteiger partial charge on any atom is 0.228 e. The van der Waals surface area contributed by atoms with E-state index in [4.69, 9.17) is 23.2 Å². The predicted octanol–water partition coefficient (Wildman–Crippen LogP) is 4.31. The standard InChI is InChI=1S/C19H19Cl2FN2O3S/c20-17-7-2-8-18(21)16(17)12-28(26,27)24-9-3-4-13(11-24)19(25)23-15-6-1-5-14(22)10-15/h1-2,5-8,10,13H,3-4,9,11-12H2,(H,23,25). The van der Waals surface area contributed by atoms with Crippen molar-refractivity contribution >= 4 is 44.8 Å². The van der Waals surface area contributed by atoms with Crippen LogP contribution in [0.2, 0.25) is 10.0 Å². The molecule has 0 aliphatic carbocycles. The van der Waals surface area contributed by atoms with Crippen molar-refractivity contribution in [2.75, 3.05) is 18.4 Å². The van der Waals surface area contributed by atoms with Crippen LogP contribution in [0, 0.1) is 11.7 Å². The van der Waals surface area contributed by atoms with E-state index in [0.29, 0.717) is 30.6 Å². The lowest BCUT2D eigenvalue weighted by atomic mass is 9.99. The van der Waals surface area contributed by atoms with E-state index in [2.05, 4.69) is 5.32 Å². The smallest absolute Gasteiger partial charge is 0.228 e. The van der Waals surface area contributed by atoms with Crippen LogP contribution in [-0.2, 0) is 20.6 Å². The second-order valence-corrected chi connectivity index (χ2v) is 9.44. The molecule has 1 saturated heterocycles. The Labute approximate surface area is 173 Å². The summed E-state index contributed by atoms with van der Waals surface area (Å²) in [5.74, 6) is -1.64. The molecule has 1 atom stereocenters. The molecule has 150 valence electrons. The molecular formula is C19H19Cl2FN2O3S. The van der Waals surface area contributed by atoms with Crippen LogP contribution in [0.1, 0.15) is 18.4 Å². The van der Waals surface area contributed by atoms with Crippen molar-refractivity contribution in [1.82, 2.24) is 4.31 Å². The number of hydrogen-bond donors (Lipinski definition) is 1. The van der Waals surface area contributed by atoms with E-state index >= 15 is 0 Å². The van der Waals surface area contributed by atoms with Crippen LogP contribution in [0.3, 0.4) is 0 Å². The molecule has 28 heavy (non-hydrogen) atoms. The van der Waals surface area contributed by atoms with E-state index in [1.165, 1.54) is 22.5 Å². The van der Waals surface area contributed by atoms with Crippen LogP contribution in [0.25, 0.3) is 0 Å². The van der Waals surface area contributed by atoms with Crippen molar-refractivity contribution in [3.8, 4) is 0 Å². The van der Waals surface area contributed by atoms with E-state index in [0.717, 1.165) is 0 Å². The summed E-state index contributed by atoms with van der Waals surface area (Å²) in [5.41, 5.74) is 0.685. The topological polar surface area (TPSA) is 66.5 Å². The molecule has 1 aliphatic heterocycles. The molecule has 0 aromatic heterocycles. The zero-order chi connectivity index (χ0) is 20.3. The molecule has 3 rings (SSSR count). The molecule has 0 spiro atoms. The van der Waals surface area contributed by atoms with Gasteiger partial charge in [-0.1, -0.05) is 35.3 Å². The maximum atomic E-state index is 13.3. The number of nitrogens with one attached hydrogen (secondary N) is 1. The number of benzene rings is 2. The monoisotopic (exact) mass is 444 g/mol. The number of halogens is 3. The molecule has 1 N–H and O–H groups in total. The summed E-state index contributed by atoms with van der Waals surface area (Å²) >= 11 is 12.2. The highest BCUT2D eigenvalue weighted by molar-refractivity contribution is 7.88. The fourth-order valence-electron chi connectivity index (χ4n) is 3.16. The Bertz CT molecular complexity index is 965. The minimum atomic E-state index is -3.70. The third-order valence-electron chi connectivity index (χ3n) is 4.63. The number of nitrogens with zero attached hydrogens (tertiary/aromatic N) is 1. The van der Waals surface area contributed by atoms with Gasteiger partial charge in [-0.2, -0.15) is 0 Å². The molecule has 1 aliphatic rings. The van der Waals surface area contributed by atoms with Crippen LogP contribution in [0.5, 0.6) is 0 Å². The molecule has 0 bridgehead atoms. The highest BCUT2D eigenvalue weighted by Gasteiger charge is 2.33. The van der Waals surface area contributed by atoms with E-state index in [1.807, 2.05) is 0 Å². The maximum absolute atomic E-state index is 13.3. The molecular weight excluding hydrogens is 426 g/mol. The van der Waals surface area contributed by atoms with Crippen LogP contribution in [-0.4, -0.2) is 31.7 Å². The molecule has 2 aromatic rings. The summed E-state index contributed by atoms with van der Waals surface area (Å²) in [4.78, 5) is 12.5. The molecule has 1 heterocycles. The van der Waals surface area contributed by atoms with E-state index < -0.39 is 21.8 Å². The Kier molecular flexibility index (Phi) is 6.60. The van der Waals surface area contributed by atoms with Crippen molar-refractivity contribution in [2.24, 2.45) is 5.92 Å². The Balaban J connectivity index is 1.70. The van der Waals surface area contributed by atoms with Gasteiger partial charge in [0.2, 0.25) is 15.9 Å². The Morgan fingerprint density at radius 3 is 2.54 bits per heavy atom. The van der Waals surface area contributed by atoms with Crippen LogP contribution >= 0.6 is 23.2 Å². The number of sulfonamides is 1. The first-order valence-corrected chi connectivity index (χ1v) is 11.1. The number of anilines is 1. The Hall–Kier alpha value is -1.67. The second-order valence-electron chi connectivity index (χ2n) is 6.65. The lowest BCUT2D eigenvalue weighted by Gasteiger charge is -2.31. The largest absolute Gasteiger partial charge is 0.326 e. The third kappa shape index (κ3) is 5.03. The van der Waals surface area contributed by atoms with E-state index in [1.54, 1.807) is 24.3 Å². The van der Waals surface area contributed by atoms with Gasteiger partial charge in [-0.3, -0.25) is 4.79 Å². The van der Waals surface area contributed by atoms with Gasteiger partial charge < -0.3 is 5.32 Å². The van der Waals surface area contributed by atoms with Crippen LogP contribution in [0.15, 0.2) is 42.5 Å². The minimum absolute atomic E-state index is 0.0611. The molecule has 0 saturated carbocycles. The van der Waals surface area contributed by atoms with Crippen molar-refractivity contribution in [2.45, 2.75) is 18.6 Å². The summed E-state index contributed by atoms with van der Waals surface area (Å²) in [6, 6.07) is 10.4. The number of piperidine rings is 1. The lowest BCUT2D eigenvalue weighted by molar-refractivity contribution is -0.120. The summed E-state index contributed by atoms with van der Waals surface area (Å²) < 4.78 is 40.3. The van der Waals surface area contributed by atoms with Gasteiger partial charge in [0.15, 0.2) is 0 Å². The zero-order valence-corrected chi connectivity index (χ0v) is 17.2. The summed E-state index contributed by atoms with van der Waals surface area (Å²) in [5, 5.41) is 3.22.